The van der Waals surface area contributed by atoms with Crippen molar-refractivity contribution in [2.24, 2.45) is 5.73 Å². The number of carbonyl (C=O) groups excluding carboxylic acids is 1. The fraction of sp³-hybridized carbons (Fsp3) is 0.889. The van der Waals surface area contributed by atoms with Crippen LogP contribution in [-0.4, -0.2) is 23.8 Å². The Morgan fingerprint density at radius 1 is 1.54 bits per heavy atom. The van der Waals surface area contributed by atoms with E-state index in [1.165, 1.54) is 0 Å². The number of rotatable bonds is 1. The lowest BCUT2D eigenvalue weighted by molar-refractivity contribution is -0.162. The summed E-state index contributed by atoms with van der Waals surface area (Å²) in [4.78, 5) is 11.6. The van der Waals surface area contributed by atoms with Crippen LogP contribution < -0.4 is 11.1 Å². The van der Waals surface area contributed by atoms with E-state index in [0.29, 0.717) is 6.42 Å². The Morgan fingerprint density at radius 3 is 2.54 bits per heavy atom. The first-order valence-electron chi connectivity index (χ1n) is 4.61. The van der Waals surface area contributed by atoms with Gasteiger partial charge in [0.05, 0.1) is 0 Å². The second-order valence-corrected chi connectivity index (χ2v) is 4.50. The van der Waals surface area contributed by atoms with Gasteiger partial charge >= 0.3 is 5.97 Å². The Labute approximate surface area is 78.8 Å². The van der Waals surface area contributed by atoms with Crippen molar-refractivity contribution in [1.82, 2.24) is 5.32 Å². The van der Waals surface area contributed by atoms with Gasteiger partial charge in [0.25, 0.3) is 0 Å². The molecule has 0 saturated carbocycles. The van der Waals surface area contributed by atoms with Crippen LogP contribution in [0.2, 0.25) is 0 Å². The van der Waals surface area contributed by atoms with E-state index in [2.05, 4.69) is 5.32 Å². The van der Waals surface area contributed by atoms with Crippen LogP contribution in [0.25, 0.3) is 0 Å². The summed E-state index contributed by atoms with van der Waals surface area (Å²) in [6.07, 6.45) is 1.58. The number of carbonyl (C=O) groups is 1. The van der Waals surface area contributed by atoms with Crippen molar-refractivity contribution < 1.29 is 9.53 Å². The lowest BCUT2D eigenvalue weighted by Gasteiger charge is -2.27. The number of nitrogens with one attached hydrogen (secondary N) is 1. The molecular formula is C9H18N2O2. The van der Waals surface area contributed by atoms with Crippen molar-refractivity contribution in [3.63, 3.8) is 0 Å². The third-order valence-electron chi connectivity index (χ3n) is 1.95. The van der Waals surface area contributed by atoms with E-state index in [1.54, 1.807) is 0 Å². The molecule has 1 aliphatic heterocycles. The molecule has 4 nitrogen and oxygen atoms in total. The van der Waals surface area contributed by atoms with E-state index in [4.69, 9.17) is 10.5 Å². The molecule has 1 saturated heterocycles. The molecule has 13 heavy (non-hydrogen) atoms. The van der Waals surface area contributed by atoms with Gasteiger partial charge in [-0.2, -0.15) is 0 Å². The molecule has 0 aliphatic carbocycles. The van der Waals surface area contributed by atoms with E-state index >= 15 is 0 Å². The minimum absolute atomic E-state index is 0.350. The first-order valence-corrected chi connectivity index (χ1v) is 4.61. The summed E-state index contributed by atoms with van der Waals surface area (Å²) in [5.74, 6) is -0.350. The van der Waals surface area contributed by atoms with Crippen LogP contribution in [0, 0.1) is 0 Å². The lowest BCUT2D eigenvalue weighted by atomic mass is 10.1. The Balaban J connectivity index is 2.57. The number of ether oxygens (including phenoxy) is 1. The summed E-state index contributed by atoms with van der Waals surface area (Å²) in [6.45, 7) is 6.30. The molecule has 0 aromatic rings. The highest BCUT2D eigenvalue weighted by molar-refractivity contribution is 5.80. The first kappa shape index (κ1) is 10.5. The predicted molar refractivity (Wildman–Crippen MR) is 50.0 cm³/mol. The highest BCUT2D eigenvalue weighted by Crippen LogP contribution is 2.18. The summed E-state index contributed by atoms with van der Waals surface area (Å²) in [5.41, 5.74) is 4.41. The van der Waals surface area contributed by atoms with E-state index in [1.807, 2.05) is 20.8 Å². The smallest absolute Gasteiger partial charge is 0.341 e. The fourth-order valence-electron chi connectivity index (χ4n) is 1.31. The summed E-state index contributed by atoms with van der Waals surface area (Å²) in [6, 6.07) is 0. The fourth-order valence-corrected chi connectivity index (χ4v) is 1.31. The van der Waals surface area contributed by atoms with Gasteiger partial charge in [0.2, 0.25) is 0 Å². The Morgan fingerprint density at radius 2 is 2.15 bits per heavy atom. The van der Waals surface area contributed by atoms with Gasteiger partial charge in [-0.3, -0.25) is 5.32 Å². The van der Waals surface area contributed by atoms with Crippen molar-refractivity contribution in [3.8, 4) is 0 Å². The van der Waals surface area contributed by atoms with Crippen LogP contribution in [-0.2, 0) is 9.53 Å². The Bertz CT molecular complexity index is 202. The van der Waals surface area contributed by atoms with E-state index < -0.39 is 11.3 Å². The van der Waals surface area contributed by atoms with Crippen molar-refractivity contribution >= 4 is 5.97 Å². The van der Waals surface area contributed by atoms with Gasteiger partial charge in [-0.15, -0.1) is 0 Å². The molecule has 0 aromatic heterocycles. The predicted octanol–water partition coefficient (Wildman–Crippen LogP) is 0.366. The van der Waals surface area contributed by atoms with Gasteiger partial charge in [-0.05, 0) is 40.2 Å². The normalized spacial score (nSPS) is 28.9. The summed E-state index contributed by atoms with van der Waals surface area (Å²) in [7, 11) is 0. The van der Waals surface area contributed by atoms with Crippen molar-refractivity contribution in [1.29, 1.82) is 0 Å². The highest BCUT2D eigenvalue weighted by Gasteiger charge is 2.40. The zero-order valence-electron chi connectivity index (χ0n) is 8.52. The van der Waals surface area contributed by atoms with E-state index in [-0.39, 0.29) is 5.97 Å². The third-order valence-corrected chi connectivity index (χ3v) is 1.95. The Hall–Kier alpha value is -0.610. The zero-order valence-corrected chi connectivity index (χ0v) is 8.52. The summed E-state index contributed by atoms with van der Waals surface area (Å²) >= 11 is 0. The number of esters is 1. The maximum atomic E-state index is 11.6. The van der Waals surface area contributed by atoms with Gasteiger partial charge in [-0.25, -0.2) is 4.79 Å². The molecule has 1 atom stereocenters. The second kappa shape index (κ2) is 3.27. The molecule has 76 valence electrons. The van der Waals surface area contributed by atoms with Crippen molar-refractivity contribution in [3.05, 3.63) is 0 Å². The molecule has 0 spiro atoms. The monoisotopic (exact) mass is 186 g/mol. The summed E-state index contributed by atoms with van der Waals surface area (Å²) < 4.78 is 5.20. The van der Waals surface area contributed by atoms with Crippen LogP contribution in [0.4, 0.5) is 0 Å². The molecule has 0 unspecified atom stereocenters. The van der Waals surface area contributed by atoms with Gasteiger partial charge in [-0.1, -0.05) is 0 Å². The maximum Gasteiger partial charge on any atom is 0.341 e. The average Bonchev–Trinajstić information content (AvgIpc) is 2.33. The van der Waals surface area contributed by atoms with Crippen molar-refractivity contribution in [2.45, 2.75) is 44.9 Å². The molecule has 0 bridgehead atoms. The standard InChI is InChI=1S/C9H18N2O2/c1-8(2,3)13-7(12)9(10)5-4-6-11-9/h11H,4-6,10H2,1-3H3/t9-/m0/s1. The number of hydrogen-bond acceptors (Lipinski definition) is 4. The average molecular weight is 186 g/mol. The maximum absolute atomic E-state index is 11.6. The SMILES string of the molecule is CC(C)(C)OC(=O)[C@]1(N)CCCN1. The lowest BCUT2D eigenvalue weighted by Crippen LogP contribution is -2.57. The van der Waals surface area contributed by atoms with E-state index in [9.17, 15) is 4.79 Å². The number of nitrogens with two attached hydrogens (primary N) is 1. The molecule has 4 heteroatoms. The van der Waals surface area contributed by atoms with Crippen LogP contribution in [0.1, 0.15) is 33.6 Å². The first-order chi connectivity index (χ1) is 5.83. The minimum Gasteiger partial charge on any atom is -0.458 e. The zero-order chi connectivity index (χ0) is 10.1. The molecule has 1 fully saturated rings. The van der Waals surface area contributed by atoms with Crippen LogP contribution in [0.3, 0.4) is 0 Å². The minimum atomic E-state index is -0.951. The van der Waals surface area contributed by atoms with Crippen LogP contribution in [0.15, 0.2) is 0 Å². The third kappa shape index (κ3) is 2.67. The molecule has 1 rings (SSSR count). The molecule has 3 N–H and O–H groups in total. The van der Waals surface area contributed by atoms with Gasteiger partial charge in [0, 0.05) is 0 Å². The molecule has 0 radical (unpaired) electrons. The highest BCUT2D eigenvalue weighted by atomic mass is 16.6. The van der Waals surface area contributed by atoms with Crippen LogP contribution in [0.5, 0.6) is 0 Å². The van der Waals surface area contributed by atoms with Crippen molar-refractivity contribution in [2.75, 3.05) is 6.54 Å². The number of hydrogen-bond donors (Lipinski definition) is 2. The largest absolute Gasteiger partial charge is 0.458 e. The molecule has 0 amide bonds. The molecular weight excluding hydrogens is 168 g/mol. The van der Waals surface area contributed by atoms with E-state index in [0.717, 1.165) is 13.0 Å². The van der Waals surface area contributed by atoms with Gasteiger partial charge < -0.3 is 10.5 Å². The molecule has 1 heterocycles. The quantitative estimate of drug-likeness (QED) is 0.581. The van der Waals surface area contributed by atoms with Gasteiger partial charge in [0.15, 0.2) is 5.66 Å². The van der Waals surface area contributed by atoms with Gasteiger partial charge in [0.1, 0.15) is 5.60 Å². The molecule has 0 aromatic carbocycles. The topological polar surface area (TPSA) is 64.3 Å². The summed E-state index contributed by atoms with van der Waals surface area (Å²) in [5, 5.41) is 2.96. The molecule has 1 aliphatic rings. The van der Waals surface area contributed by atoms with Crippen LogP contribution >= 0.6 is 0 Å². The Kier molecular flexibility index (Phi) is 2.63. The second-order valence-electron chi connectivity index (χ2n) is 4.50.